The second-order valence-corrected chi connectivity index (χ2v) is 5.18. The summed E-state index contributed by atoms with van der Waals surface area (Å²) in [4.78, 5) is 4.44. The summed E-state index contributed by atoms with van der Waals surface area (Å²) in [5.74, 6) is 2.18. The SMILES string of the molecule is COc1ccccc1-c1noc(C(C)(N)C2CC2)n1. The van der Waals surface area contributed by atoms with Crippen LogP contribution in [-0.2, 0) is 5.54 Å². The third-order valence-corrected chi connectivity index (χ3v) is 3.66. The highest BCUT2D eigenvalue weighted by atomic mass is 16.5. The lowest BCUT2D eigenvalue weighted by Crippen LogP contribution is -2.35. The van der Waals surface area contributed by atoms with Crippen LogP contribution in [0.15, 0.2) is 28.8 Å². The second-order valence-electron chi connectivity index (χ2n) is 5.18. The molecule has 1 heterocycles. The van der Waals surface area contributed by atoms with Crippen molar-refractivity contribution in [3.8, 4) is 17.1 Å². The van der Waals surface area contributed by atoms with E-state index in [-0.39, 0.29) is 0 Å². The number of ether oxygens (including phenoxy) is 1. The van der Waals surface area contributed by atoms with Crippen molar-refractivity contribution >= 4 is 0 Å². The van der Waals surface area contributed by atoms with Gasteiger partial charge < -0.3 is 15.0 Å². The van der Waals surface area contributed by atoms with Crippen LogP contribution < -0.4 is 10.5 Å². The summed E-state index contributed by atoms with van der Waals surface area (Å²) in [6.45, 7) is 1.95. The van der Waals surface area contributed by atoms with E-state index in [0.29, 0.717) is 17.6 Å². The molecule has 5 nitrogen and oxygen atoms in total. The molecule has 3 rings (SSSR count). The van der Waals surface area contributed by atoms with E-state index in [1.54, 1.807) is 7.11 Å². The molecule has 1 atom stereocenters. The molecule has 0 amide bonds. The number of nitrogens with two attached hydrogens (primary N) is 1. The van der Waals surface area contributed by atoms with Gasteiger partial charge in [0.05, 0.1) is 18.2 Å². The van der Waals surface area contributed by atoms with Crippen molar-refractivity contribution in [1.29, 1.82) is 0 Å². The summed E-state index contributed by atoms with van der Waals surface area (Å²) in [5, 5.41) is 4.03. The topological polar surface area (TPSA) is 74.2 Å². The number of nitrogens with zero attached hydrogens (tertiary/aromatic N) is 2. The Bertz CT molecular complexity index is 588. The fourth-order valence-corrected chi connectivity index (χ4v) is 2.24. The average molecular weight is 259 g/mol. The predicted octanol–water partition coefficient (Wildman–Crippen LogP) is 2.33. The molecule has 0 saturated heterocycles. The molecule has 2 aromatic rings. The van der Waals surface area contributed by atoms with Gasteiger partial charge in [0.2, 0.25) is 11.7 Å². The molecule has 0 bridgehead atoms. The van der Waals surface area contributed by atoms with E-state index >= 15 is 0 Å². The van der Waals surface area contributed by atoms with Gasteiger partial charge >= 0.3 is 0 Å². The van der Waals surface area contributed by atoms with Crippen LogP contribution in [0.1, 0.15) is 25.7 Å². The van der Waals surface area contributed by atoms with Gasteiger partial charge in [0.25, 0.3) is 0 Å². The third-order valence-electron chi connectivity index (χ3n) is 3.66. The van der Waals surface area contributed by atoms with Crippen molar-refractivity contribution in [2.75, 3.05) is 7.11 Å². The van der Waals surface area contributed by atoms with E-state index in [2.05, 4.69) is 10.1 Å². The average Bonchev–Trinajstić information content (AvgIpc) is 3.17. The van der Waals surface area contributed by atoms with Crippen LogP contribution in [0.4, 0.5) is 0 Å². The highest BCUT2D eigenvalue weighted by molar-refractivity contribution is 5.63. The zero-order valence-corrected chi connectivity index (χ0v) is 11.1. The van der Waals surface area contributed by atoms with Crippen LogP contribution in [0.2, 0.25) is 0 Å². The maximum atomic E-state index is 6.28. The van der Waals surface area contributed by atoms with Gasteiger partial charge in [-0.25, -0.2) is 0 Å². The van der Waals surface area contributed by atoms with Gasteiger partial charge in [-0.1, -0.05) is 17.3 Å². The van der Waals surface area contributed by atoms with Gasteiger partial charge in [0, 0.05) is 0 Å². The zero-order chi connectivity index (χ0) is 13.5. The van der Waals surface area contributed by atoms with Crippen molar-refractivity contribution < 1.29 is 9.26 Å². The van der Waals surface area contributed by atoms with Crippen LogP contribution >= 0.6 is 0 Å². The van der Waals surface area contributed by atoms with Crippen molar-refractivity contribution in [3.63, 3.8) is 0 Å². The Labute approximate surface area is 111 Å². The van der Waals surface area contributed by atoms with Crippen molar-refractivity contribution in [1.82, 2.24) is 10.1 Å². The first-order valence-electron chi connectivity index (χ1n) is 6.39. The number of aromatic nitrogens is 2. The van der Waals surface area contributed by atoms with E-state index in [9.17, 15) is 0 Å². The Balaban J connectivity index is 1.97. The van der Waals surface area contributed by atoms with Crippen LogP contribution in [-0.4, -0.2) is 17.3 Å². The Morgan fingerprint density at radius 1 is 1.37 bits per heavy atom. The minimum absolute atomic E-state index is 0.443. The first-order valence-corrected chi connectivity index (χ1v) is 6.39. The molecule has 2 N–H and O–H groups in total. The molecule has 100 valence electrons. The van der Waals surface area contributed by atoms with Crippen molar-refractivity contribution in [3.05, 3.63) is 30.2 Å². The van der Waals surface area contributed by atoms with Gasteiger partial charge in [-0.15, -0.1) is 0 Å². The molecule has 1 aromatic heterocycles. The van der Waals surface area contributed by atoms with E-state index in [1.807, 2.05) is 31.2 Å². The Kier molecular flexibility index (Phi) is 2.78. The highest BCUT2D eigenvalue weighted by Gasteiger charge is 2.44. The molecule has 1 aliphatic rings. The molecule has 19 heavy (non-hydrogen) atoms. The van der Waals surface area contributed by atoms with Gasteiger partial charge in [-0.05, 0) is 37.8 Å². The Hall–Kier alpha value is -1.88. The number of para-hydroxylation sites is 1. The van der Waals surface area contributed by atoms with Crippen molar-refractivity contribution in [2.24, 2.45) is 11.7 Å². The van der Waals surface area contributed by atoms with Gasteiger partial charge in [0.1, 0.15) is 5.75 Å². The molecule has 0 spiro atoms. The lowest BCUT2D eigenvalue weighted by molar-refractivity contribution is 0.273. The summed E-state index contributed by atoms with van der Waals surface area (Å²) in [7, 11) is 1.62. The lowest BCUT2D eigenvalue weighted by Gasteiger charge is -2.18. The summed E-state index contributed by atoms with van der Waals surface area (Å²) >= 11 is 0. The number of rotatable bonds is 4. The van der Waals surface area contributed by atoms with E-state index in [1.165, 1.54) is 0 Å². The van der Waals surface area contributed by atoms with Gasteiger partial charge in [0.15, 0.2) is 0 Å². The zero-order valence-electron chi connectivity index (χ0n) is 11.1. The molecular formula is C14H17N3O2. The molecular weight excluding hydrogens is 242 g/mol. The number of hydrogen-bond acceptors (Lipinski definition) is 5. The van der Waals surface area contributed by atoms with Gasteiger partial charge in [-0.3, -0.25) is 0 Å². The van der Waals surface area contributed by atoms with Crippen LogP contribution in [0, 0.1) is 5.92 Å². The van der Waals surface area contributed by atoms with E-state index < -0.39 is 5.54 Å². The molecule has 5 heteroatoms. The molecule has 1 aliphatic carbocycles. The Morgan fingerprint density at radius 2 is 2.11 bits per heavy atom. The Morgan fingerprint density at radius 3 is 2.79 bits per heavy atom. The summed E-state index contributed by atoms with van der Waals surface area (Å²) in [5.41, 5.74) is 6.56. The van der Waals surface area contributed by atoms with Crippen LogP contribution in [0.3, 0.4) is 0 Å². The van der Waals surface area contributed by atoms with Crippen LogP contribution in [0.25, 0.3) is 11.4 Å². The standard InChI is InChI=1S/C14H17N3O2/c1-14(15,9-7-8-9)13-16-12(17-19-13)10-5-3-4-6-11(10)18-2/h3-6,9H,7-8,15H2,1-2H3. The van der Waals surface area contributed by atoms with E-state index in [4.69, 9.17) is 15.0 Å². The third kappa shape index (κ3) is 2.10. The fraction of sp³-hybridized carbons (Fsp3) is 0.429. The second kappa shape index (κ2) is 4.35. The normalized spacial score (nSPS) is 18.1. The van der Waals surface area contributed by atoms with Crippen molar-refractivity contribution in [2.45, 2.75) is 25.3 Å². The first-order chi connectivity index (χ1) is 9.13. The monoisotopic (exact) mass is 259 g/mol. The molecule has 0 radical (unpaired) electrons. The smallest absolute Gasteiger partial charge is 0.247 e. The summed E-state index contributed by atoms with van der Waals surface area (Å²) in [6, 6.07) is 7.59. The number of benzene rings is 1. The first kappa shape index (κ1) is 12.2. The molecule has 1 saturated carbocycles. The molecule has 1 fully saturated rings. The lowest BCUT2D eigenvalue weighted by atomic mass is 9.97. The minimum Gasteiger partial charge on any atom is -0.496 e. The molecule has 0 aliphatic heterocycles. The molecule has 1 aromatic carbocycles. The maximum absolute atomic E-state index is 6.28. The van der Waals surface area contributed by atoms with Crippen LogP contribution in [0.5, 0.6) is 5.75 Å². The summed E-state index contributed by atoms with van der Waals surface area (Å²) in [6.07, 6.45) is 2.25. The largest absolute Gasteiger partial charge is 0.496 e. The van der Waals surface area contributed by atoms with Gasteiger partial charge in [-0.2, -0.15) is 4.98 Å². The predicted molar refractivity (Wildman–Crippen MR) is 70.5 cm³/mol. The highest BCUT2D eigenvalue weighted by Crippen LogP contribution is 2.43. The quantitative estimate of drug-likeness (QED) is 0.912. The minimum atomic E-state index is -0.534. The molecule has 1 unspecified atom stereocenters. The number of hydrogen-bond donors (Lipinski definition) is 1. The van der Waals surface area contributed by atoms with E-state index in [0.717, 1.165) is 24.2 Å². The number of methoxy groups -OCH3 is 1. The summed E-state index contributed by atoms with van der Waals surface area (Å²) < 4.78 is 10.6. The fourth-order valence-electron chi connectivity index (χ4n) is 2.24. The maximum Gasteiger partial charge on any atom is 0.247 e.